The topological polar surface area (TPSA) is 61.8 Å². The first-order valence-electron chi connectivity index (χ1n) is 29.5. The molecular formula is C61H114O5. The van der Waals surface area contributed by atoms with E-state index in [0.717, 1.165) is 51.4 Å². The largest absolute Gasteiger partial charge is 0.462 e. The van der Waals surface area contributed by atoms with E-state index in [1.165, 1.54) is 231 Å². The van der Waals surface area contributed by atoms with Crippen molar-refractivity contribution in [2.24, 2.45) is 0 Å². The van der Waals surface area contributed by atoms with Crippen LogP contribution >= 0.6 is 0 Å². The van der Waals surface area contributed by atoms with Gasteiger partial charge >= 0.3 is 11.9 Å². The van der Waals surface area contributed by atoms with Gasteiger partial charge in [-0.25, -0.2) is 0 Å². The predicted octanol–water partition coefficient (Wildman–Crippen LogP) is 20.1. The van der Waals surface area contributed by atoms with E-state index in [1.54, 1.807) is 0 Å². The molecule has 0 aromatic carbocycles. The summed E-state index contributed by atoms with van der Waals surface area (Å²) in [4.78, 5) is 25.5. The lowest BCUT2D eigenvalue weighted by atomic mass is 10.0. The van der Waals surface area contributed by atoms with Crippen LogP contribution in [0.5, 0.6) is 0 Å². The zero-order chi connectivity index (χ0) is 47.7. The molecule has 0 aliphatic heterocycles. The number of hydrogen-bond acceptors (Lipinski definition) is 5. The van der Waals surface area contributed by atoms with Gasteiger partial charge in [0.1, 0.15) is 6.61 Å². The first kappa shape index (κ1) is 64.1. The van der Waals surface area contributed by atoms with E-state index in [-0.39, 0.29) is 25.2 Å². The van der Waals surface area contributed by atoms with Crippen molar-refractivity contribution in [1.29, 1.82) is 0 Å². The third kappa shape index (κ3) is 54.7. The lowest BCUT2D eigenvalue weighted by Gasteiger charge is -2.18. The van der Waals surface area contributed by atoms with Crippen LogP contribution in [0.4, 0.5) is 0 Å². The maximum atomic E-state index is 12.9. The van der Waals surface area contributed by atoms with E-state index in [4.69, 9.17) is 14.2 Å². The quantitative estimate of drug-likeness (QED) is 0.0345. The zero-order valence-electron chi connectivity index (χ0n) is 44.7. The van der Waals surface area contributed by atoms with Crippen LogP contribution < -0.4 is 0 Å². The van der Waals surface area contributed by atoms with Gasteiger partial charge in [-0.05, 0) is 77.0 Å². The molecule has 0 aliphatic rings. The average Bonchev–Trinajstić information content (AvgIpc) is 3.32. The highest BCUT2D eigenvalue weighted by Gasteiger charge is 2.17. The second-order valence-electron chi connectivity index (χ2n) is 19.9. The highest BCUT2D eigenvalue weighted by Crippen LogP contribution is 2.17. The normalized spacial score (nSPS) is 12.3. The van der Waals surface area contributed by atoms with Crippen LogP contribution in [0.25, 0.3) is 0 Å². The summed E-state index contributed by atoms with van der Waals surface area (Å²) in [5.74, 6) is -0.390. The lowest BCUT2D eigenvalue weighted by molar-refractivity contribution is -0.163. The van der Waals surface area contributed by atoms with Crippen LogP contribution in [0.2, 0.25) is 0 Å². The Morgan fingerprint density at radius 2 is 0.636 bits per heavy atom. The van der Waals surface area contributed by atoms with E-state index in [0.29, 0.717) is 19.4 Å². The molecule has 0 aromatic rings. The fraction of sp³-hybridized carbons (Fsp3) is 0.869. The summed E-state index contributed by atoms with van der Waals surface area (Å²) in [5.41, 5.74) is 0. The Morgan fingerprint density at radius 1 is 0.333 bits per heavy atom. The second kappa shape index (κ2) is 57.4. The zero-order valence-corrected chi connectivity index (χ0v) is 44.7. The van der Waals surface area contributed by atoms with Crippen molar-refractivity contribution >= 4 is 11.9 Å². The first-order valence-corrected chi connectivity index (χ1v) is 29.5. The minimum Gasteiger partial charge on any atom is -0.462 e. The molecule has 0 aromatic heterocycles. The van der Waals surface area contributed by atoms with Crippen molar-refractivity contribution in [2.45, 2.75) is 322 Å². The van der Waals surface area contributed by atoms with Crippen LogP contribution in [0.15, 0.2) is 36.5 Å². The molecule has 0 radical (unpaired) electrons. The number of carbonyl (C=O) groups excluding carboxylic acids is 2. The molecule has 0 spiro atoms. The second-order valence-corrected chi connectivity index (χ2v) is 19.9. The van der Waals surface area contributed by atoms with Crippen LogP contribution in [0.3, 0.4) is 0 Å². The fourth-order valence-electron chi connectivity index (χ4n) is 8.71. The monoisotopic (exact) mass is 927 g/mol. The predicted molar refractivity (Wildman–Crippen MR) is 288 cm³/mol. The maximum Gasteiger partial charge on any atom is 0.306 e. The van der Waals surface area contributed by atoms with Crippen molar-refractivity contribution in [3.8, 4) is 0 Å². The Morgan fingerprint density at radius 3 is 1.06 bits per heavy atom. The summed E-state index contributed by atoms with van der Waals surface area (Å²) in [6, 6.07) is 0. The molecule has 1 unspecified atom stereocenters. The van der Waals surface area contributed by atoms with E-state index in [9.17, 15) is 9.59 Å². The number of allylic oxidation sites excluding steroid dienone is 6. The standard InChI is InChI=1S/C61H114O5/c1-4-7-10-13-16-19-22-25-28-30-31-33-34-36-39-42-45-48-51-54-60(62)65-58-59(57-64-56-53-50-47-44-41-38-27-24-21-18-15-12-9-6-3)66-61(63)55-52-49-46-43-40-37-35-32-29-26-23-20-17-14-11-8-5-2/h17,20-21,24,26,29,59H,4-16,18-19,22-23,25,27-28,30-58H2,1-3H3/b20-17-,24-21-,29-26-. The molecule has 0 rings (SSSR count). The lowest BCUT2D eigenvalue weighted by Crippen LogP contribution is -2.30. The number of ether oxygens (including phenoxy) is 3. The van der Waals surface area contributed by atoms with Gasteiger partial charge in [0.25, 0.3) is 0 Å². The summed E-state index contributed by atoms with van der Waals surface area (Å²) >= 11 is 0. The van der Waals surface area contributed by atoms with Gasteiger partial charge in [-0.15, -0.1) is 0 Å². The van der Waals surface area contributed by atoms with Crippen LogP contribution in [-0.2, 0) is 23.8 Å². The van der Waals surface area contributed by atoms with Crippen molar-refractivity contribution in [2.75, 3.05) is 19.8 Å². The van der Waals surface area contributed by atoms with Crippen LogP contribution in [0.1, 0.15) is 316 Å². The minimum atomic E-state index is -0.540. The Balaban J connectivity index is 4.22. The Labute approximate surface area is 412 Å². The third-order valence-electron chi connectivity index (χ3n) is 13.1. The molecule has 0 saturated carbocycles. The molecule has 0 amide bonds. The molecule has 0 aliphatic carbocycles. The molecule has 1 atom stereocenters. The van der Waals surface area contributed by atoms with Crippen LogP contribution in [-0.4, -0.2) is 37.9 Å². The number of esters is 2. The summed E-state index contributed by atoms with van der Waals surface area (Å²) in [7, 11) is 0. The van der Waals surface area contributed by atoms with Crippen molar-refractivity contribution in [3.05, 3.63) is 36.5 Å². The molecule has 5 heteroatoms. The van der Waals surface area contributed by atoms with Crippen molar-refractivity contribution < 1.29 is 23.8 Å². The summed E-state index contributed by atoms with van der Waals surface area (Å²) in [6.45, 7) is 7.83. The molecule has 388 valence electrons. The highest BCUT2D eigenvalue weighted by molar-refractivity contribution is 5.70. The fourth-order valence-corrected chi connectivity index (χ4v) is 8.71. The van der Waals surface area contributed by atoms with E-state index < -0.39 is 6.10 Å². The molecule has 0 bridgehead atoms. The first-order chi connectivity index (χ1) is 32.6. The van der Waals surface area contributed by atoms with Crippen molar-refractivity contribution in [3.63, 3.8) is 0 Å². The number of hydrogen-bond donors (Lipinski definition) is 0. The maximum absolute atomic E-state index is 12.9. The highest BCUT2D eigenvalue weighted by atomic mass is 16.6. The van der Waals surface area contributed by atoms with Gasteiger partial charge in [0.15, 0.2) is 6.10 Å². The summed E-state index contributed by atoms with van der Waals surface area (Å²) in [6.07, 6.45) is 70.2. The molecule has 0 fully saturated rings. The Hall–Kier alpha value is -1.88. The van der Waals surface area contributed by atoms with Gasteiger partial charge in [0.2, 0.25) is 0 Å². The van der Waals surface area contributed by atoms with E-state index in [2.05, 4.69) is 57.2 Å². The van der Waals surface area contributed by atoms with Gasteiger partial charge in [-0.2, -0.15) is 0 Å². The van der Waals surface area contributed by atoms with E-state index >= 15 is 0 Å². The number of rotatable bonds is 55. The molecule has 66 heavy (non-hydrogen) atoms. The van der Waals surface area contributed by atoms with E-state index in [1.807, 2.05) is 0 Å². The molecule has 0 saturated heterocycles. The van der Waals surface area contributed by atoms with Crippen molar-refractivity contribution in [1.82, 2.24) is 0 Å². The smallest absolute Gasteiger partial charge is 0.306 e. The van der Waals surface area contributed by atoms with Gasteiger partial charge in [0, 0.05) is 19.4 Å². The third-order valence-corrected chi connectivity index (χ3v) is 13.1. The van der Waals surface area contributed by atoms with Gasteiger partial charge in [-0.3, -0.25) is 9.59 Å². The number of carbonyl (C=O) groups is 2. The average molecular weight is 928 g/mol. The number of unbranched alkanes of at least 4 members (excludes halogenated alkanes) is 38. The summed E-state index contributed by atoms with van der Waals surface area (Å²) in [5, 5.41) is 0. The molecular weight excluding hydrogens is 813 g/mol. The molecule has 5 nitrogen and oxygen atoms in total. The van der Waals surface area contributed by atoms with Gasteiger partial charge in [-0.1, -0.05) is 263 Å². The minimum absolute atomic E-state index is 0.0851. The SMILES string of the molecule is CCCCC/C=C\C/C=C\CCCCCCCCCC(=O)OC(COCCCCCCCC/C=C\CCCCCC)COC(=O)CCCCCCCCCCCCCCCCCCCCC. The van der Waals surface area contributed by atoms with Gasteiger partial charge in [0.05, 0.1) is 6.61 Å². The molecule has 0 heterocycles. The summed E-state index contributed by atoms with van der Waals surface area (Å²) < 4.78 is 17.5. The van der Waals surface area contributed by atoms with Crippen LogP contribution in [0, 0.1) is 0 Å². The van der Waals surface area contributed by atoms with Gasteiger partial charge < -0.3 is 14.2 Å². The molecule has 0 N–H and O–H groups in total. The Bertz CT molecular complexity index is 1050. The Kier molecular flexibility index (Phi) is 55.8.